The van der Waals surface area contributed by atoms with E-state index in [1.54, 1.807) is 0 Å². The van der Waals surface area contributed by atoms with Crippen LogP contribution in [0.3, 0.4) is 0 Å². The molecule has 3 nitrogen and oxygen atoms in total. The van der Waals surface area contributed by atoms with E-state index < -0.39 is 0 Å². The molecule has 5 heteroatoms. The van der Waals surface area contributed by atoms with Crippen molar-refractivity contribution in [3.8, 4) is 0 Å². The van der Waals surface area contributed by atoms with E-state index in [4.69, 9.17) is 0 Å². The average molecular weight is 660 g/mol. The highest BCUT2D eigenvalue weighted by molar-refractivity contribution is 7.27. The Kier molecular flexibility index (Phi) is 5.00. The predicted molar refractivity (Wildman–Crippen MR) is 213 cm³/mol. The first-order valence-electron chi connectivity index (χ1n) is 16.6. The summed E-state index contributed by atoms with van der Waals surface area (Å²) in [5.41, 5.74) is 7.20. The maximum absolute atomic E-state index is 2.58. The molecule has 5 heterocycles. The molecule has 0 N–H and O–H groups in total. The minimum absolute atomic E-state index is 1.14. The fraction of sp³-hybridized carbons (Fsp3) is 0. The SMILES string of the molecule is c1ccc(N(c2cc3ccccc3c3ccccc23)c2cccc3c2n2c4sc5ccccc5c4c4c5c6ccccc6sc5n3c42)cc1. The molecular formula is C44H25N3S2. The summed E-state index contributed by atoms with van der Waals surface area (Å²) in [4.78, 5) is 5.11. The van der Waals surface area contributed by atoms with Crippen molar-refractivity contribution >= 4 is 124 Å². The van der Waals surface area contributed by atoms with Gasteiger partial charge in [0.1, 0.15) is 15.3 Å². The minimum Gasteiger partial charge on any atom is -0.308 e. The number of imidazole rings is 1. The van der Waals surface area contributed by atoms with Gasteiger partial charge in [-0.1, -0.05) is 109 Å². The highest BCUT2D eigenvalue weighted by Crippen LogP contribution is 2.53. The monoisotopic (exact) mass is 659 g/mol. The average Bonchev–Trinajstić information content (AvgIpc) is 3.94. The number of nitrogens with zero attached hydrogens (tertiary/aromatic N) is 3. The first-order chi connectivity index (χ1) is 24.3. The number of thiophene rings is 2. The van der Waals surface area contributed by atoms with Crippen molar-refractivity contribution in [2.45, 2.75) is 0 Å². The molecule has 0 aliphatic heterocycles. The Bertz CT molecular complexity index is 3290. The number of rotatable bonds is 3. The maximum Gasteiger partial charge on any atom is 0.133 e. The van der Waals surface area contributed by atoms with Gasteiger partial charge in [0.15, 0.2) is 0 Å². The Morgan fingerprint density at radius 3 is 1.76 bits per heavy atom. The van der Waals surface area contributed by atoms with Crippen molar-refractivity contribution in [3.63, 3.8) is 0 Å². The van der Waals surface area contributed by atoms with Gasteiger partial charge in [0.25, 0.3) is 0 Å². The van der Waals surface area contributed by atoms with Crippen LogP contribution in [0.2, 0.25) is 0 Å². The summed E-state index contributed by atoms with van der Waals surface area (Å²) in [7, 11) is 0. The standard InChI is InChI=1S/C44H25N3S2/c1-2-14-27(15-3-1)45(35-25-26-13-4-5-16-28(26)29-17-6-7-18-30(29)35)33-21-12-22-34-41(33)47-42-40(39-32-20-9-11-24-37(32)49-44(39)47)38-31-19-8-10-23-36(31)48-43(38)46(34)42/h1-25H. The fourth-order valence-electron chi connectivity index (χ4n) is 8.47. The molecule has 12 rings (SSSR count). The van der Waals surface area contributed by atoms with E-state index in [-0.39, 0.29) is 0 Å². The second-order valence-corrected chi connectivity index (χ2v) is 15.0. The van der Waals surface area contributed by atoms with E-state index in [0.717, 1.165) is 5.69 Å². The molecule has 0 radical (unpaired) electrons. The second kappa shape index (κ2) is 9.38. The number of hydrogen-bond donors (Lipinski definition) is 0. The Morgan fingerprint density at radius 1 is 0.429 bits per heavy atom. The van der Waals surface area contributed by atoms with Gasteiger partial charge in [0.05, 0.1) is 22.4 Å². The number of aromatic nitrogens is 2. The van der Waals surface area contributed by atoms with Crippen molar-refractivity contribution < 1.29 is 0 Å². The van der Waals surface area contributed by atoms with Crippen LogP contribution in [-0.4, -0.2) is 8.80 Å². The Labute approximate surface area is 288 Å². The zero-order valence-electron chi connectivity index (χ0n) is 26.1. The Morgan fingerprint density at radius 2 is 1.02 bits per heavy atom. The molecule has 12 aromatic rings. The van der Waals surface area contributed by atoms with Crippen LogP contribution < -0.4 is 4.90 Å². The third-order valence-corrected chi connectivity index (χ3v) is 12.7. The molecule has 228 valence electrons. The first-order valence-corrected chi connectivity index (χ1v) is 18.3. The van der Waals surface area contributed by atoms with Crippen LogP contribution in [0.1, 0.15) is 0 Å². The van der Waals surface area contributed by atoms with Crippen LogP contribution >= 0.6 is 22.7 Å². The van der Waals surface area contributed by atoms with Gasteiger partial charge in [-0.25, -0.2) is 0 Å². The Balaban J connectivity index is 1.31. The van der Waals surface area contributed by atoms with Crippen LogP contribution in [0.4, 0.5) is 17.1 Å². The van der Waals surface area contributed by atoms with E-state index in [2.05, 4.69) is 165 Å². The lowest BCUT2D eigenvalue weighted by atomic mass is 9.99. The molecule has 0 fully saturated rings. The van der Waals surface area contributed by atoms with Gasteiger partial charge in [0, 0.05) is 47.4 Å². The van der Waals surface area contributed by atoms with E-state index in [1.807, 2.05) is 22.7 Å². The smallest absolute Gasteiger partial charge is 0.133 e. The molecular weight excluding hydrogens is 635 g/mol. The summed E-state index contributed by atoms with van der Waals surface area (Å²) >= 11 is 3.81. The van der Waals surface area contributed by atoms with E-state index in [0.29, 0.717) is 0 Å². The molecule has 0 spiro atoms. The summed E-state index contributed by atoms with van der Waals surface area (Å²) in [6.07, 6.45) is 0. The minimum atomic E-state index is 1.14. The molecule has 7 aromatic carbocycles. The lowest BCUT2D eigenvalue weighted by Gasteiger charge is -2.28. The lowest BCUT2D eigenvalue weighted by molar-refractivity contribution is 1.28. The summed E-state index contributed by atoms with van der Waals surface area (Å²) in [6.45, 7) is 0. The maximum atomic E-state index is 2.58. The molecule has 0 saturated heterocycles. The first kappa shape index (κ1) is 26.1. The highest BCUT2D eigenvalue weighted by atomic mass is 32.1. The van der Waals surface area contributed by atoms with Gasteiger partial charge in [-0.15, -0.1) is 22.7 Å². The molecule has 49 heavy (non-hydrogen) atoms. The van der Waals surface area contributed by atoms with Crippen molar-refractivity contribution in [2.75, 3.05) is 4.90 Å². The van der Waals surface area contributed by atoms with Gasteiger partial charge in [-0.2, -0.15) is 0 Å². The molecule has 0 saturated carbocycles. The summed E-state index contributed by atoms with van der Waals surface area (Å²) in [5, 5.41) is 11.8. The van der Waals surface area contributed by atoms with Crippen molar-refractivity contribution in [2.24, 2.45) is 0 Å². The zero-order valence-corrected chi connectivity index (χ0v) is 27.7. The summed E-state index contributed by atoms with van der Waals surface area (Å²) in [6, 6.07) is 55.6. The zero-order chi connectivity index (χ0) is 31.8. The fourth-order valence-corrected chi connectivity index (χ4v) is 10.9. The molecule has 5 aromatic heterocycles. The van der Waals surface area contributed by atoms with Crippen molar-refractivity contribution in [1.29, 1.82) is 0 Å². The van der Waals surface area contributed by atoms with Crippen molar-refractivity contribution in [3.05, 3.63) is 152 Å². The quantitative estimate of drug-likeness (QED) is 0.172. The number of fused-ring (bicyclic) bond motifs is 16. The highest BCUT2D eigenvalue weighted by Gasteiger charge is 2.30. The van der Waals surface area contributed by atoms with E-state index >= 15 is 0 Å². The van der Waals surface area contributed by atoms with Gasteiger partial charge in [-0.3, -0.25) is 8.80 Å². The number of hydrogen-bond acceptors (Lipinski definition) is 3. The lowest BCUT2D eigenvalue weighted by Crippen LogP contribution is -2.11. The second-order valence-electron chi connectivity index (χ2n) is 12.9. The molecule has 0 aliphatic carbocycles. The van der Waals surface area contributed by atoms with Crippen LogP contribution in [0.5, 0.6) is 0 Å². The third kappa shape index (κ3) is 3.26. The molecule has 0 unspecified atom stereocenters. The molecule has 0 bridgehead atoms. The third-order valence-electron chi connectivity index (χ3n) is 10.4. The van der Waals surface area contributed by atoms with Gasteiger partial charge in [-0.05, 0) is 58.6 Å². The van der Waals surface area contributed by atoms with Gasteiger partial charge < -0.3 is 4.90 Å². The van der Waals surface area contributed by atoms with Gasteiger partial charge in [0.2, 0.25) is 0 Å². The van der Waals surface area contributed by atoms with Crippen LogP contribution in [-0.2, 0) is 0 Å². The largest absolute Gasteiger partial charge is 0.308 e. The van der Waals surface area contributed by atoms with Crippen molar-refractivity contribution in [1.82, 2.24) is 8.80 Å². The number of anilines is 3. The Hall–Kier alpha value is -5.88. The number of para-hydroxylation sites is 2. The predicted octanol–water partition coefficient (Wildman–Crippen LogP) is 13.3. The number of benzene rings is 7. The van der Waals surface area contributed by atoms with Crippen LogP contribution in [0.25, 0.3) is 84.2 Å². The summed E-state index contributed by atoms with van der Waals surface area (Å²) < 4.78 is 7.79. The normalized spacial score (nSPS) is 12.5. The summed E-state index contributed by atoms with van der Waals surface area (Å²) in [5.74, 6) is 0. The van der Waals surface area contributed by atoms with E-state index in [9.17, 15) is 0 Å². The topological polar surface area (TPSA) is 12.1 Å². The van der Waals surface area contributed by atoms with Gasteiger partial charge >= 0.3 is 0 Å². The van der Waals surface area contributed by atoms with Crippen LogP contribution in [0.15, 0.2) is 152 Å². The molecule has 0 amide bonds. The van der Waals surface area contributed by atoms with Crippen LogP contribution in [0, 0.1) is 0 Å². The van der Waals surface area contributed by atoms with E-state index in [1.165, 1.54) is 95.6 Å². The molecule has 0 aliphatic rings. The molecule has 0 atom stereocenters.